The monoisotopic (exact) mass is 653 g/mol. The summed E-state index contributed by atoms with van der Waals surface area (Å²) in [5, 5.41) is 7.59. The van der Waals surface area contributed by atoms with Crippen molar-refractivity contribution in [2.24, 2.45) is 11.8 Å². The van der Waals surface area contributed by atoms with Crippen molar-refractivity contribution in [3.05, 3.63) is 66.0 Å². The summed E-state index contributed by atoms with van der Waals surface area (Å²) in [5.74, 6) is 2.05. The molecule has 256 valence electrons. The molecular weight excluding hydrogens is 602 g/mol. The number of rotatable bonds is 10. The molecule has 0 radical (unpaired) electrons. The van der Waals surface area contributed by atoms with Crippen molar-refractivity contribution >= 4 is 17.7 Å². The number of hydrogen-bond donors (Lipinski definition) is 1. The number of ether oxygens (including phenoxy) is 2. The third-order valence-electron chi connectivity index (χ3n) is 11.1. The molecule has 2 heterocycles. The highest BCUT2D eigenvalue weighted by molar-refractivity contribution is 5.95. The Labute approximate surface area is 285 Å². The predicted octanol–water partition coefficient (Wildman–Crippen LogP) is 7.11. The van der Waals surface area contributed by atoms with Crippen LogP contribution in [0.1, 0.15) is 87.3 Å². The number of nitrogens with zero attached hydrogens (tertiary/aromatic N) is 4. The van der Waals surface area contributed by atoms with Crippen LogP contribution in [0.15, 0.2) is 54.9 Å². The van der Waals surface area contributed by atoms with Gasteiger partial charge >= 0.3 is 6.09 Å². The number of anilines is 1. The predicted molar refractivity (Wildman–Crippen MR) is 187 cm³/mol. The van der Waals surface area contributed by atoms with Crippen LogP contribution in [0.4, 0.5) is 10.5 Å². The molecule has 3 aliphatic carbocycles. The molecule has 0 bridgehead atoms. The van der Waals surface area contributed by atoms with Gasteiger partial charge in [0.05, 0.1) is 25.4 Å². The van der Waals surface area contributed by atoms with Crippen LogP contribution in [0.25, 0.3) is 11.1 Å². The van der Waals surface area contributed by atoms with E-state index in [2.05, 4.69) is 80.5 Å². The van der Waals surface area contributed by atoms with E-state index in [1.807, 2.05) is 13.2 Å². The molecule has 3 saturated carbocycles. The molecule has 2 amide bonds. The van der Waals surface area contributed by atoms with Crippen molar-refractivity contribution in [3.8, 4) is 16.9 Å². The Morgan fingerprint density at radius 1 is 0.938 bits per heavy atom. The van der Waals surface area contributed by atoms with Gasteiger partial charge in [0, 0.05) is 43.0 Å². The highest BCUT2D eigenvalue weighted by Gasteiger charge is 2.35. The first-order valence-electron chi connectivity index (χ1n) is 18.1. The fraction of sp³-hybridized carbons (Fsp3) is 0.564. The number of carbonyl (C=O) groups is 2. The van der Waals surface area contributed by atoms with Crippen LogP contribution < -0.4 is 15.0 Å². The molecule has 1 aliphatic heterocycles. The summed E-state index contributed by atoms with van der Waals surface area (Å²) >= 11 is 0. The Kier molecular flexibility index (Phi) is 9.76. The van der Waals surface area contributed by atoms with Crippen molar-refractivity contribution in [2.45, 2.75) is 95.2 Å². The van der Waals surface area contributed by atoms with Crippen LogP contribution in [0.3, 0.4) is 0 Å². The standard InChI is InChI=1S/C39H51N5O4/c1-26-19-31(13-18-37(26)47-3)28-9-7-27(8-10-28)22-43(35-6-4-5-30(20-35)32-21-40-44(23-32)34-14-15-34)38(45)29-11-16-36(17-12-29)48-39(46)41-33-24-42(2)25-33/h4-6,13,18-21,23,27-29,33-34,36H,7-12,14-17,22,24-25H2,1-3H3,(H,41,46)/t27-,28-,29-,36-. The number of carbonyl (C=O) groups excluding carboxylic acids is 2. The average Bonchev–Trinajstić information content (AvgIpc) is 3.82. The summed E-state index contributed by atoms with van der Waals surface area (Å²) in [4.78, 5) is 31.1. The van der Waals surface area contributed by atoms with E-state index in [-0.39, 0.29) is 30.1 Å². The first kappa shape index (κ1) is 32.7. The molecule has 7 rings (SSSR count). The first-order valence-corrected chi connectivity index (χ1v) is 18.1. The lowest BCUT2D eigenvalue weighted by Crippen LogP contribution is -2.57. The van der Waals surface area contributed by atoms with Crippen LogP contribution in [-0.2, 0) is 9.53 Å². The van der Waals surface area contributed by atoms with Crippen molar-refractivity contribution in [1.82, 2.24) is 20.0 Å². The lowest BCUT2D eigenvalue weighted by molar-refractivity contribution is -0.124. The molecule has 0 atom stereocenters. The maximum Gasteiger partial charge on any atom is 0.407 e. The number of aromatic nitrogens is 2. The van der Waals surface area contributed by atoms with E-state index in [1.54, 1.807) is 7.11 Å². The zero-order chi connectivity index (χ0) is 33.2. The van der Waals surface area contributed by atoms with Crippen molar-refractivity contribution < 1.29 is 19.1 Å². The van der Waals surface area contributed by atoms with Gasteiger partial charge in [-0.15, -0.1) is 0 Å². The minimum atomic E-state index is -0.327. The summed E-state index contributed by atoms with van der Waals surface area (Å²) in [7, 11) is 3.77. The van der Waals surface area contributed by atoms with Gasteiger partial charge in [0.1, 0.15) is 11.9 Å². The Morgan fingerprint density at radius 3 is 2.40 bits per heavy atom. The number of amides is 2. The quantitative estimate of drug-likeness (QED) is 0.251. The van der Waals surface area contributed by atoms with Gasteiger partial charge in [0.15, 0.2) is 0 Å². The van der Waals surface area contributed by atoms with Crippen LogP contribution in [0.2, 0.25) is 0 Å². The van der Waals surface area contributed by atoms with Gasteiger partial charge in [-0.1, -0.05) is 24.3 Å². The highest BCUT2D eigenvalue weighted by Crippen LogP contribution is 2.40. The van der Waals surface area contributed by atoms with E-state index < -0.39 is 0 Å². The van der Waals surface area contributed by atoms with Gasteiger partial charge in [0.25, 0.3) is 0 Å². The second-order valence-corrected chi connectivity index (χ2v) is 14.8. The van der Waals surface area contributed by atoms with E-state index in [4.69, 9.17) is 9.47 Å². The molecule has 2 aromatic carbocycles. The smallest absolute Gasteiger partial charge is 0.407 e. The number of likely N-dealkylation sites (N-methyl/N-ethyl adjacent to an activating group) is 1. The fourth-order valence-corrected chi connectivity index (χ4v) is 8.08. The number of methoxy groups -OCH3 is 1. The molecule has 9 heteroatoms. The van der Waals surface area contributed by atoms with Gasteiger partial charge in [-0.05, 0) is 125 Å². The van der Waals surface area contributed by atoms with Crippen LogP contribution in [0, 0.1) is 18.8 Å². The van der Waals surface area contributed by atoms with Crippen molar-refractivity contribution in [1.29, 1.82) is 0 Å². The summed E-state index contributed by atoms with van der Waals surface area (Å²) in [6.07, 6.45) is 13.4. The van der Waals surface area contributed by atoms with E-state index in [0.717, 1.165) is 93.6 Å². The molecular formula is C39H51N5O4. The van der Waals surface area contributed by atoms with Crippen molar-refractivity contribution in [2.75, 3.05) is 38.7 Å². The second-order valence-electron chi connectivity index (χ2n) is 14.8. The maximum atomic E-state index is 14.4. The third-order valence-corrected chi connectivity index (χ3v) is 11.1. The highest BCUT2D eigenvalue weighted by atomic mass is 16.6. The van der Waals surface area contributed by atoms with Crippen molar-refractivity contribution in [3.63, 3.8) is 0 Å². The minimum absolute atomic E-state index is 0.0759. The fourth-order valence-electron chi connectivity index (χ4n) is 8.08. The van der Waals surface area contributed by atoms with Crippen LogP contribution in [-0.4, -0.2) is 72.6 Å². The van der Waals surface area contributed by atoms with E-state index in [1.165, 1.54) is 24.0 Å². The maximum absolute atomic E-state index is 14.4. The third kappa shape index (κ3) is 7.56. The summed E-state index contributed by atoms with van der Waals surface area (Å²) < 4.78 is 13.3. The topological polar surface area (TPSA) is 88.9 Å². The molecule has 0 spiro atoms. The average molecular weight is 654 g/mol. The van der Waals surface area contributed by atoms with Gasteiger partial charge in [-0.25, -0.2) is 4.79 Å². The van der Waals surface area contributed by atoms with Gasteiger partial charge < -0.3 is 24.6 Å². The number of nitrogens with one attached hydrogen (secondary N) is 1. The number of aryl methyl sites for hydroxylation is 1. The first-order chi connectivity index (χ1) is 23.3. The van der Waals surface area contributed by atoms with E-state index in [0.29, 0.717) is 17.9 Å². The van der Waals surface area contributed by atoms with Gasteiger partial charge in [-0.3, -0.25) is 9.48 Å². The summed E-state index contributed by atoms with van der Waals surface area (Å²) in [5.41, 5.74) is 5.73. The van der Waals surface area contributed by atoms with Crippen LogP contribution >= 0.6 is 0 Å². The SMILES string of the molecule is COc1ccc([C@H]2CC[C@H](CN(c3cccc(-c4cnn(C5CC5)c4)c3)C(=O)[C@H]3CC[C@H](OC(=O)NC4CN(C)C4)CC3)CC2)cc1C. The molecule has 3 aromatic rings. The van der Waals surface area contributed by atoms with E-state index >= 15 is 0 Å². The van der Waals surface area contributed by atoms with Gasteiger partial charge in [0.2, 0.25) is 5.91 Å². The van der Waals surface area contributed by atoms with Crippen LogP contribution in [0.5, 0.6) is 5.75 Å². The zero-order valence-corrected chi connectivity index (χ0v) is 28.8. The number of benzene rings is 2. The lowest BCUT2D eigenvalue weighted by atomic mass is 9.78. The summed E-state index contributed by atoms with van der Waals surface area (Å²) in [6, 6.07) is 15.8. The zero-order valence-electron chi connectivity index (χ0n) is 28.8. The Hall–Kier alpha value is -3.85. The van der Waals surface area contributed by atoms with Gasteiger partial charge in [-0.2, -0.15) is 5.10 Å². The number of likely N-dealkylation sites (tertiary alicyclic amines) is 1. The second kappa shape index (κ2) is 14.3. The molecule has 1 N–H and O–H groups in total. The molecule has 9 nitrogen and oxygen atoms in total. The molecule has 1 saturated heterocycles. The Morgan fingerprint density at radius 2 is 1.71 bits per heavy atom. The number of hydrogen-bond acceptors (Lipinski definition) is 6. The lowest BCUT2D eigenvalue weighted by Gasteiger charge is -2.37. The molecule has 4 fully saturated rings. The Balaban J connectivity index is 1.02. The van der Waals surface area contributed by atoms with E-state index in [9.17, 15) is 9.59 Å². The summed E-state index contributed by atoms with van der Waals surface area (Å²) in [6.45, 7) is 4.57. The molecule has 0 unspecified atom stereocenters. The molecule has 1 aromatic heterocycles. The molecule has 4 aliphatic rings. The normalized spacial score (nSPS) is 24.8. The number of alkyl carbamates (subject to hydrolysis) is 1. The molecule has 48 heavy (non-hydrogen) atoms. The minimum Gasteiger partial charge on any atom is -0.496 e. The largest absolute Gasteiger partial charge is 0.496 e. The Bertz CT molecular complexity index is 1580.